The highest BCUT2D eigenvalue weighted by Gasteiger charge is 2.17. The van der Waals surface area contributed by atoms with E-state index in [2.05, 4.69) is 37.0 Å². The van der Waals surface area contributed by atoms with E-state index in [-0.39, 0.29) is 24.6 Å². The molecular formula is C23H18Br2N4O7. The molecule has 0 saturated heterocycles. The predicted octanol–water partition coefficient (Wildman–Crippen LogP) is 5.89. The van der Waals surface area contributed by atoms with Crippen molar-refractivity contribution in [1.82, 2.24) is 9.78 Å². The van der Waals surface area contributed by atoms with Crippen LogP contribution in [0.3, 0.4) is 0 Å². The number of fused-ring (bicyclic) bond motifs is 1. The van der Waals surface area contributed by atoms with Crippen LogP contribution in [-0.2, 0) is 6.54 Å². The average Bonchev–Trinajstić information content (AvgIpc) is 3.19. The molecule has 0 saturated carbocycles. The first-order chi connectivity index (χ1) is 17.3. The zero-order chi connectivity index (χ0) is 25.8. The van der Waals surface area contributed by atoms with Crippen molar-refractivity contribution < 1.29 is 24.1 Å². The van der Waals surface area contributed by atoms with E-state index in [9.17, 15) is 20.2 Å². The summed E-state index contributed by atoms with van der Waals surface area (Å²) in [6, 6.07) is 14.5. The maximum Gasteiger partial charge on any atom is 0.271 e. The predicted molar refractivity (Wildman–Crippen MR) is 138 cm³/mol. The zero-order valence-electron chi connectivity index (χ0n) is 18.7. The van der Waals surface area contributed by atoms with Gasteiger partial charge in [0, 0.05) is 24.3 Å². The number of halogens is 2. The maximum atomic E-state index is 11.1. The molecule has 0 aliphatic heterocycles. The van der Waals surface area contributed by atoms with E-state index in [1.54, 1.807) is 36.1 Å². The molecular weight excluding hydrogens is 604 g/mol. The molecule has 11 nitrogen and oxygen atoms in total. The molecule has 0 radical (unpaired) electrons. The topological polar surface area (TPSA) is 132 Å². The zero-order valence-corrected chi connectivity index (χ0v) is 21.9. The Morgan fingerprint density at radius 1 is 0.917 bits per heavy atom. The molecule has 0 fully saturated rings. The number of hydrogen-bond acceptors (Lipinski definition) is 8. The van der Waals surface area contributed by atoms with Crippen molar-refractivity contribution in [2.75, 3.05) is 20.3 Å². The SMILES string of the molecule is COc1ccc2c(c1)c(OCCOc1c(Br)cc([N+](=O)[O-])cc1Br)nn2Cc1cccc([N+](=O)[O-])c1. The van der Waals surface area contributed by atoms with Crippen molar-refractivity contribution in [2.24, 2.45) is 0 Å². The highest BCUT2D eigenvalue weighted by molar-refractivity contribution is 9.11. The van der Waals surface area contributed by atoms with E-state index < -0.39 is 9.85 Å². The van der Waals surface area contributed by atoms with Gasteiger partial charge in [-0.15, -0.1) is 5.10 Å². The molecule has 186 valence electrons. The maximum absolute atomic E-state index is 11.1. The molecule has 0 bridgehead atoms. The summed E-state index contributed by atoms with van der Waals surface area (Å²) in [5, 5.41) is 27.4. The van der Waals surface area contributed by atoms with Crippen LogP contribution >= 0.6 is 31.9 Å². The fourth-order valence-electron chi connectivity index (χ4n) is 3.50. The third kappa shape index (κ3) is 5.57. The second kappa shape index (κ2) is 10.9. The minimum Gasteiger partial charge on any atom is -0.497 e. The Morgan fingerprint density at radius 2 is 1.61 bits per heavy atom. The smallest absolute Gasteiger partial charge is 0.271 e. The Hall–Kier alpha value is -3.71. The summed E-state index contributed by atoms with van der Waals surface area (Å²) in [4.78, 5) is 21.2. The molecule has 36 heavy (non-hydrogen) atoms. The van der Waals surface area contributed by atoms with Gasteiger partial charge in [-0.25, -0.2) is 0 Å². The van der Waals surface area contributed by atoms with Gasteiger partial charge in [-0.2, -0.15) is 0 Å². The van der Waals surface area contributed by atoms with E-state index in [4.69, 9.17) is 14.2 Å². The lowest BCUT2D eigenvalue weighted by Crippen LogP contribution is -2.10. The summed E-state index contributed by atoms with van der Waals surface area (Å²) in [6.07, 6.45) is 0. The fourth-order valence-corrected chi connectivity index (χ4v) is 4.89. The van der Waals surface area contributed by atoms with E-state index in [1.165, 1.54) is 24.3 Å². The van der Waals surface area contributed by atoms with Crippen LogP contribution in [0.4, 0.5) is 11.4 Å². The van der Waals surface area contributed by atoms with E-state index in [0.717, 1.165) is 5.52 Å². The number of methoxy groups -OCH3 is 1. The summed E-state index contributed by atoms with van der Waals surface area (Å²) in [5.74, 6) is 1.38. The normalized spacial score (nSPS) is 10.9. The van der Waals surface area contributed by atoms with Gasteiger partial charge in [-0.3, -0.25) is 24.9 Å². The Kier molecular flexibility index (Phi) is 7.70. The van der Waals surface area contributed by atoms with Gasteiger partial charge < -0.3 is 14.2 Å². The lowest BCUT2D eigenvalue weighted by molar-refractivity contribution is -0.385. The molecule has 0 N–H and O–H groups in total. The summed E-state index contributed by atoms with van der Waals surface area (Å²) < 4.78 is 19.6. The number of nitrogens with zero attached hydrogens (tertiary/aromatic N) is 4. The Bertz CT molecular complexity index is 1430. The number of hydrogen-bond donors (Lipinski definition) is 0. The lowest BCUT2D eigenvalue weighted by atomic mass is 10.2. The minimum atomic E-state index is -0.494. The number of nitro benzene ring substituents is 2. The van der Waals surface area contributed by atoms with Crippen LogP contribution in [0.5, 0.6) is 17.4 Å². The number of benzene rings is 3. The number of rotatable bonds is 10. The van der Waals surface area contributed by atoms with Gasteiger partial charge in [-0.1, -0.05) is 12.1 Å². The van der Waals surface area contributed by atoms with Crippen molar-refractivity contribution in [3.05, 3.63) is 89.3 Å². The van der Waals surface area contributed by atoms with Crippen molar-refractivity contribution in [3.63, 3.8) is 0 Å². The summed E-state index contributed by atoms with van der Waals surface area (Å²) in [5.41, 5.74) is 1.40. The van der Waals surface area contributed by atoms with Crippen molar-refractivity contribution in [1.29, 1.82) is 0 Å². The first-order valence-corrected chi connectivity index (χ1v) is 12.0. The van der Waals surface area contributed by atoms with E-state index in [1.807, 2.05) is 6.07 Å². The van der Waals surface area contributed by atoms with Crippen LogP contribution < -0.4 is 14.2 Å². The first kappa shape index (κ1) is 25.4. The van der Waals surface area contributed by atoms with Gasteiger partial charge >= 0.3 is 0 Å². The molecule has 0 atom stereocenters. The molecule has 4 aromatic rings. The molecule has 0 aliphatic rings. The standard InChI is InChI=1S/C23H18Br2N4O7/c1-34-17-5-6-21-18(12-17)23(26-27(21)13-14-3-2-4-15(9-14)28(30)31)36-8-7-35-22-19(24)10-16(29(32)33)11-20(22)25/h2-6,9-12H,7-8,13H2,1H3. The molecule has 0 aliphatic carbocycles. The molecule has 13 heteroatoms. The van der Waals surface area contributed by atoms with Crippen LogP contribution in [0.2, 0.25) is 0 Å². The quantitative estimate of drug-likeness (QED) is 0.122. The third-order valence-electron chi connectivity index (χ3n) is 5.14. The van der Waals surface area contributed by atoms with E-state index in [0.29, 0.717) is 43.8 Å². The number of nitro groups is 2. The molecule has 0 unspecified atom stereocenters. The van der Waals surface area contributed by atoms with Gasteiger partial charge in [-0.05, 0) is 55.6 Å². The Labute approximate surface area is 221 Å². The second-order valence-corrected chi connectivity index (χ2v) is 9.17. The van der Waals surface area contributed by atoms with Crippen molar-refractivity contribution >= 4 is 54.1 Å². The van der Waals surface area contributed by atoms with Crippen LogP contribution in [0.25, 0.3) is 10.9 Å². The molecule has 1 heterocycles. The van der Waals surface area contributed by atoms with Gasteiger partial charge in [0.15, 0.2) is 0 Å². The second-order valence-electron chi connectivity index (χ2n) is 7.47. The Balaban J connectivity index is 1.52. The van der Waals surface area contributed by atoms with Crippen LogP contribution in [0.15, 0.2) is 63.5 Å². The van der Waals surface area contributed by atoms with Crippen LogP contribution in [0.1, 0.15) is 5.56 Å². The van der Waals surface area contributed by atoms with E-state index >= 15 is 0 Å². The van der Waals surface area contributed by atoms with Crippen LogP contribution in [0, 0.1) is 20.2 Å². The monoisotopic (exact) mass is 620 g/mol. The van der Waals surface area contributed by atoms with Gasteiger partial charge in [0.25, 0.3) is 11.4 Å². The highest BCUT2D eigenvalue weighted by Crippen LogP contribution is 2.37. The first-order valence-electron chi connectivity index (χ1n) is 10.4. The Morgan fingerprint density at radius 3 is 2.28 bits per heavy atom. The van der Waals surface area contributed by atoms with Crippen LogP contribution in [-0.4, -0.2) is 40.0 Å². The number of aromatic nitrogens is 2. The lowest BCUT2D eigenvalue weighted by Gasteiger charge is -2.10. The number of ether oxygens (including phenoxy) is 3. The number of non-ortho nitro benzene ring substituents is 2. The molecule has 3 aromatic carbocycles. The minimum absolute atomic E-state index is 0.00261. The largest absolute Gasteiger partial charge is 0.497 e. The summed E-state index contributed by atoms with van der Waals surface area (Å²) in [6.45, 7) is 0.571. The summed E-state index contributed by atoms with van der Waals surface area (Å²) in [7, 11) is 1.56. The van der Waals surface area contributed by atoms with Gasteiger partial charge in [0.2, 0.25) is 5.88 Å². The van der Waals surface area contributed by atoms with Crippen molar-refractivity contribution in [2.45, 2.75) is 6.54 Å². The molecule has 0 amide bonds. The van der Waals surface area contributed by atoms with Crippen molar-refractivity contribution in [3.8, 4) is 17.4 Å². The van der Waals surface area contributed by atoms with Gasteiger partial charge in [0.1, 0.15) is 24.7 Å². The molecule has 1 aromatic heterocycles. The average molecular weight is 622 g/mol. The van der Waals surface area contributed by atoms with Gasteiger partial charge in [0.05, 0.1) is 43.3 Å². The fraction of sp³-hybridized carbons (Fsp3) is 0.174. The molecule has 0 spiro atoms. The summed E-state index contributed by atoms with van der Waals surface area (Å²) >= 11 is 6.58. The molecule has 4 rings (SSSR count). The third-order valence-corrected chi connectivity index (χ3v) is 6.32. The highest BCUT2D eigenvalue weighted by atomic mass is 79.9.